The van der Waals surface area contributed by atoms with E-state index in [1.807, 2.05) is 0 Å². The Kier molecular flexibility index (Phi) is 3.82. The Labute approximate surface area is 105 Å². The number of carboxylic acid groups (broad SMARTS) is 2. The molecular formula is C9H2F6O5. The first-order valence-corrected chi connectivity index (χ1v) is 4.40. The van der Waals surface area contributed by atoms with Crippen molar-refractivity contribution < 1.29 is 50.9 Å². The molecule has 0 atom stereocenters. The van der Waals surface area contributed by atoms with Gasteiger partial charge in [-0.1, -0.05) is 0 Å². The SMILES string of the molecule is O=C(O)c1c(F)c(F)c(OC(F)(F)F)c(F)c1C(=O)O. The lowest BCUT2D eigenvalue weighted by Crippen LogP contribution is -2.22. The van der Waals surface area contributed by atoms with Gasteiger partial charge in [-0.05, 0) is 0 Å². The fourth-order valence-electron chi connectivity index (χ4n) is 1.25. The van der Waals surface area contributed by atoms with Crippen LogP contribution < -0.4 is 4.74 Å². The molecule has 0 heterocycles. The third-order valence-corrected chi connectivity index (χ3v) is 1.93. The molecule has 0 fully saturated rings. The second-order valence-electron chi connectivity index (χ2n) is 3.18. The summed E-state index contributed by atoms with van der Waals surface area (Å²) >= 11 is 0. The molecule has 1 aromatic carbocycles. The van der Waals surface area contributed by atoms with Crippen molar-refractivity contribution in [3.05, 3.63) is 28.6 Å². The summed E-state index contributed by atoms with van der Waals surface area (Å²) in [5, 5.41) is 17.0. The van der Waals surface area contributed by atoms with Crippen molar-refractivity contribution in [1.29, 1.82) is 0 Å². The summed E-state index contributed by atoms with van der Waals surface area (Å²) < 4.78 is 78.3. The van der Waals surface area contributed by atoms with Crippen molar-refractivity contribution in [1.82, 2.24) is 0 Å². The minimum absolute atomic E-state index is 1.96. The highest BCUT2D eigenvalue weighted by Gasteiger charge is 2.39. The Morgan fingerprint density at radius 2 is 1.25 bits per heavy atom. The van der Waals surface area contributed by atoms with E-state index in [1.165, 1.54) is 0 Å². The lowest BCUT2D eigenvalue weighted by Gasteiger charge is -2.14. The van der Waals surface area contributed by atoms with Crippen LogP contribution >= 0.6 is 0 Å². The molecule has 0 radical (unpaired) electrons. The van der Waals surface area contributed by atoms with Gasteiger partial charge >= 0.3 is 18.3 Å². The number of rotatable bonds is 3. The number of halogens is 6. The van der Waals surface area contributed by atoms with E-state index in [0.717, 1.165) is 0 Å². The highest BCUT2D eigenvalue weighted by Crippen LogP contribution is 2.34. The molecule has 110 valence electrons. The molecule has 20 heavy (non-hydrogen) atoms. The van der Waals surface area contributed by atoms with Crippen molar-refractivity contribution in [3.8, 4) is 5.75 Å². The largest absolute Gasteiger partial charge is 0.573 e. The van der Waals surface area contributed by atoms with Crippen molar-refractivity contribution in [2.45, 2.75) is 6.36 Å². The van der Waals surface area contributed by atoms with Crippen LogP contribution in [0.1, 0.15) is 20.7 Å². The van der Waals surface area contributed by atoms with E-state index in [4.69, 9.17) is 10.2 Å². The fraction of sp³-hybridized carbons (Fsp3) is 0.111. The molecule has 1 aromatic rings. The van der Waals surface area contributed by atoms with Crippen LogP contribution in [0.5, 0.6) is 5.75 Å². The zero-order valence-electron chi connectivity index (χ0n) is 8.89. The molecule has 0 saturated heterocycles. The summed E-state index contributed by atoms with van der Waals surface area (Å²) in [6.45, 7) is 0. The molecule has 2 N–H and O–H groups in total. The number of aromatic carboxylic acids is 2. The van der Waals surface area contributed by atoms with Crippen molar-refractivity contribution in [3.63, 3.8) is 0 Å². The van der Waals surface area contributed by atoms with E-state index < -0.39 is 52.6 Å². The number of hydrogen-bond donors (Lipinski definition) is 2. The maximum Gasteiger partial charge on any atom is 0.573 e. The number of benzene rings is 1. The maximum atomic E-state index is 13.4. The average molecular weight is 304 g/mol. The quantitative estimate of drug-likeness (QED) is 0.661. The van der Waals surface area contributed by atoms with Gasteiger partial charge in [-0.3, -0.25) is 0 Å². The van der Waals surface area contributed by atoms with Gasteiger partial charge in [0.15, 0.2) is 11.6 Å². The molecule has 0 aliphatic heterocycles. The van der Waals surface area contributed by atoms with Gasteiger partial charge in [0.2, 0.25) is 11.6 Å². The number of hydrogen-bond acceptors (Lipinski definition) is 3. The Balaban J connectivity index is 3.75. The predicted octanol–water partition coefficient (Wildman–Crippen LogP) is 2.40. The minimum atomic E-state index is -5.64. The van der Waals surface area contributed by atoms with Crippen LogP contribution in [0.3, 0.4) is 0 Å². The summed E-state index contributed by atoms with van der Waals surface area (Å²) in [7, 11) is 0. The second kappa shape index (κ2) is 4.90. The topological polar surface area (TPSA) is 83.8 Å². The van der Waals surface area contributed by atoms with E-state index in [9.17, 15) is 35.9 Å². The molecule has 5 nitrogen and oxygen atoms in total. The van der Waals surface area contributed by atoms with Crippen LogP contribution in [-0.4, -0.2) is 28.5 Å². The molecule has 0 unspecified atom stereocenters. The Morgan fingerprint density at radius 3 is 1.60 bits per heavy atom. The van der Waals surface area contributed by atoms with E-state index >= 15 is 0 Å². The molecule has 0 aromatic heterocycles. The summed E-state index contributed by atoms with van der Waals surface area (Å²) in [5.74, 6) is -14.8. The van der Waals surface area contributed by atoms with Crippen LogP contribution in [0.2, 0.25) is 0 Å². The van der Waals surface area contributed by atoms with Gasteiger partial charge < -0.3 is 14.9 Å². The molecule has 11 heteroatoms. The lowest BCUT2D eigenvalue weighted by molar-refractivity contribution is -0.276. The van der Waals surface area contributed by atoms with Crippen LogP contribution in [0.15, 0.2) is 0 Å². The summed E-state index contributed by atoms with van der Waals surface area (Å²) in [6.07, 6.45) is -5.64. The van der Waals surface area contributed by atoms with Crippen LogP contribution in [0.25, 0.3) is 0 Å². The Morgan fingerprint density at radius 1 is 0.850 bits per heavy atom. The van der Waals surface area contributed by atoms with Gasteiger partial charge in [0.05, 0.1) is 0 Å². The smallest absolute Gasteiger partial charge is 0.478 e. The van der Waals surface area contributed by atoms with E-state index in [2.05, 4.69) is 4.74 Å². The zero-order chi connectivity index (χ0) is 15.8. The van der Waals surface area contributed by atoms with Crippen molar-refractivity contribution in [2.75, 3.05) is 0 Å². The third-order valence-electron chi connectivity index (χ3n) is 1.93. The van der Waals surface area contributed by atoms with Crippen LogP contribution in [0.4, 0.5) is 26.3 Å². The third kappa shape index (κ3) is 2.75. The van der Waals surface area contributed by atoms with Crippen molar-refractivity contribution >= 4 is 11.9 Å². The first-order chi connectivity index (χ1) is 8.97. The molecule has 0 aliphatic carbocycles. The number of alkyl halides is 3. The highest BCUT2D eigenvalue weighted by molar-refractivity contribution is 6.02. The average Bonchev–Trinajstić information content (AvgIpc) is 2.26. The summed E-state index contributed by atoms with van der Waals surface area (Å²) in [4.78, 5) is 21.1. The van der Waals surface area contributed by atoms with Crippen molar-refractivity contribution in [2.24, 2.45) is 0 Å². The number of ether oxygens (including phenoxy) is 1. The highest BCUT2D eigenvalue weighted by atomic mass is 19.4. The van der Waals surface area contributed by atoms with E-state index in [-0.39, 0.29) is 0 Å². The first kappa shape index (κ1) is 15.6. The number of carboxylic acids is 2. The van der Waals surface area contributed by atoms with Gasteiger partial charge in [-0.2, -0.15) is 4.39 Å². The van der Waals surface area contributed by atoms with Gasteiger partial charge in [0.1, 0.15) is 11.1 Å². The molecule has 0 saturated carbocycles. The molecule has 0 bridgehead atoms. The predicted molar refractivity (Wildman–Crippen MR) is 46.9 cm³/mol. The molecule has 0 amide bonds. The Bertz CT molecular complexity index is 594. The first-order valence-electron chi connectivity index (χ1n) is 4.40. The fourth-order valence-corrected chi connectivity index (χ4v) is 1.25. The lowest BCUT2D eigenvalue weighted by atomic mass is 10.0. The van der Waals surface area contributed by atoms with Gasteiger partial charge in [-0.15, -0.1) is 13.2 Å². The standard InChI is InChI=1S/C9H2F6O5/c10-3-1(7(16)17)2(8(18)19)4(11)6(5(3)12)20-9(13,14)15/h(H,16,17)(H,18,19). The van der Waals surface area contributed by atoms with Gasteiger partial charge in [0, 0.05) is 0 Å². The summed E-state index contributed by atoms with van der Waals surface area (Å²) in [5.41, 5.74) is -3.95. The maximum absolute atomic E-state index is 13.4. The van der Waals surface area contributed by atoms with Gasteiger partial charge in [-0.25, -0.2) is 18.4 Å². The van der Waals surface area contributed by atoms with Crippen LogP contribution in [0, 0.1) is 17.5 Å². The van der Waals surface area contributed by atoms with E-state index in [0.29, 0.717) is 0 Å². The molecule has 1 rings (SSSR count). The van der Waals surface area contributed by atoms with Gasteiger partial charge in [0.25, 0.3) is 0 Å². The molecular weight excluding hydrogens is 302 g/mol. The Hall–Kier alpha value is -2.46. The van der Waals surface area contributed by atoms with Crippen LogP contribution in [-0.2, 0) is 0 Å². The normalized spacial score (nSPS) is 11.3. The minimum Gasteiger partial charge on any atom is -0.478 e. The molecule has 0 spiro atoms. The van der Waals surface area contributed by atoms with E-state index in [1.54, 1.807) is 0 Å². The second-order valence-corrected chi connectivity index (χ2v) is 3.18. The zero-order valence-corrected chi connectivity index (χ0v) is 8.89. The molecule has 0 aliphatic rings. The summed E-state index contributed by atoms with van der Waals surface area (Å²) in [6, 6.07) is 0. The monoisotopic (exact) mass is 304 g/mol. The number of carbonyl (C=O) groups is 2.